The second-order valence-electron chi connectivity index (χ2n) is 13.8. The maximum absolute atomic E-state index is 2.45. The van der Waals surface area contributed by atoms with Gasteiger partial charge in [0, 0.05) is 16.8 Å². The molecular weight excluding hydrogens is 615 g/mol. The second-order valence-corrected chi connectivity index (χ2v) is 13.8. The van der Waals surface area contributed by atoms with Crippen LogP contribution in [-0.4, -0.2) is 0 Å². The Morgan fingerprint density at radius 1 is 0.373 bits per heavy atom. The number of fused-ring (bicyclic) bond motifs is 6. The molecule has 11 rings (SSSR count). The van der Waals surface area contributed by atoms with Gasteiger partial charge < -0.3 is 4.90 Å². The smallest absolute Gasteiger partial charge is 0.0540 e. The standard InChI is InChI=1S/C50H33N/c1-5-16-33(17-6-1)44-47-38-27-13-20-32-21-14-28-39(43(32)38)48(47)45(34-18-7-2-8-19-34)50-41-30-31-42(37-26-15-29-40(46(37)41)49(44)50)51(35-22-9-3-10-23-35)36-24-11-4-12-25-36/h1-3,5-11,13-31H,4,12H2. The van der Waals surface area contributed by atoms with Crippen molar-refractivity contribution in [1.82, 2.24) is 0 Å². The first-order chi connectivity index (χ1) is 25.4. The molecule has 0 saturated heterocycles. The molecule has 1 heteroatoms. The fourth-order valence-electron chi connectivity index (χ4n) is 9.14. The Kier molecular flexibility index (Phi) is 6.15. The quantitative estimate of drug-likeness (QED) is 0.180. The Morgan fingerprint density at radius 2 is 0.882 bits per heavy atom. The van der Waals surface area contributed by atoms with Crippen LogP contribution in [0.2, 0.25) is 0 Å². The number of hydrogen-bond acceptors (Lipinski definition) is 1. The van der Waals surface area contributed by atoms with E-state index in [1.54, 1.807) is 0 Å². The summed E-state index contributed by atoms with van der Waals surface area (Å²) in [4.78, 5) is 2.45. The zero-order chi connectivity index (χ0) is 33.5. The molecule has 0 bridgehead atoms. The molecule has 51 heavy (non-hydrogen) atoms. The molecule has 0 aliphatic heterocycles. The van der Waals surface area contributed by atoms with Gasteiger partial charge in [-0.2, -0.15) is 0 Å². The van der Waals surface area contributed by atoms with Crippen molar-refractivity contribution in [3.05, 3.63) is 182 Å². The van der Waals surface area contributed by atoms with Crippen molar-refractivity contribution in [2.75, 3.05) is 4.90 Å². The minimum absolute atomic E-state index is 1.04. The maximum atomic E-state index is 2.45. The summed E-state index contributed by atoms with van der Waals surface area (Å²) >= 11 is 0. The third kappa shape index (κ3) is 4.03. The van der Waals surface area contributed by atoms with E-state index in [2.05, 4.69) is 181 Å². The number of nitrogens with zero attached hydrogens (tertiary/aromatic N) is 1. The van der Waals surface area contributed by atoms with Gasteiger partial charge in [0.1, 0.15) is 0 Å². The normalized spacial score (nSPS) is 13.4. The van der Waals surface area contributed by atoms with Crippen molar-refractivity contribution in [2.45, 2.75) is 12.8 Å². The number of allylic oxidation sites excluding steroid dienone is 3. The van der Waals surface area contributed by atoms with Gasteiger partial charge in [0.05, 0.1) is 5.69 Å². The van der Waals surface area contributed by atoms with Crippen LogP contribution in [0.25, 0.3) is 86.9 Å². The first-order valence-electron chi connectivity index (χ1n) is 18.0. The molecule has 1 aliphatic rings. The van der Waals surface area contributed by atoms with E-state index in [9.17, 15) is 0 Å². The predicted octanol–water partition coefficient (Wildman–Crippen LogP) is 14.2. The summed E-state index contributed by atoms with van der Waals surface area (Å²) in [6.45, 7) is 0. The number of anilines is 2. The van der Waals surface area contributed by atoms with E-state index in [4.69, 9.17) is 0 Å². The van der Waals surface area contributed by atoms with E-state index in [0.717, 1.165) is 12.8 Å². The third-order valence-corrected chi connectivity index (χ3v) is 11.1. The molecular formula is C50H33N. The SMILES string of the molecule is C1=CC(N(c2ccccc2)c2ccc3c4c(-c5ccccc5)c5c6cccc7cccc(c5c(-c5ccccc5)c4c4cccc2c43)c76)=CCC1. The lowest BCUT2D eigenvalue weighted by atomic mass is 9.87. The molecule has 0 radical (unpaired) electrons. The molecule has 238 valence electrons. The highest BCUT2D eigenvalue weighted by molar-refractivity contribution is 6.46. The highest BCUT2D eigenvalue weighted by atomic mass is 15.1. The summed E-state index contributed by atoms with van der Waals surface area (Å²) in [6.07, 6.45) is 9.10. The van der Waals surface area contributed by atoms with E-state index >= 15 is 0 Å². The van der Waals surface area contributed by atoms with Crippen LogP contribution >= 0.6 is 0 Å². The monoisotopic (exact) mass is 647 g/mol. The van der Waals surface area contributed by atoms with E-state index in [1.165, 1.54) is 104 Å². The van der Waals surface area contributed by atoms with Crippen molar-refractivity contribution >= 4 is 76.0 Å². The van der Waals surface area contributed by atoms with Crippen LogP contribution in [0, 0.1) is 0 Å². The van der Waals surface area contributed by atoms with Crippen LogP contribution in [0.15, 0.2) is 182 Å². The largest absolute Gasteiger partial charge is 0.310 e. The molecule has 1 nitrogen and oxygen atoms in total. The number of hydrogen-bond donors (Lipinski definition) is 0. The van der Waals surface area contributed by atoms with Gasteiger partial charge in [-0.1, -0.05) is 152 Å². The molecule has 1 aliphatic carbocycles. The molecule has 10 aromatic rings. The minimum atomic E-state index is 1.04. The predicted molar refractivity (Wildman–Crippen MR) is 220 cm³/mol. The average Bonchev–Trinajstić information content (AvgIpc) is 3.71. The number of rotatable bonds is 5. The van der Waals surface area contributed by atoms with Crippen molar-refractivity contribution in [3.63, 3.8) is 0 Å². The first kappa shape index (κ1) is 28.4. The Labute approximate surface area is 296 Å². The van der Waals surface area contributed by atoms with E-state index in [-0.39, 0.29) is 0 Å². The van der Waals surface area contributed by atoms with Gasteiger partial charge in [0.25, 0.3) is 0 Å². The van der Waals surface area contributed by atoms with Gasteiger partial charge in [0.15, 0.2) is 0 Å². The molecule has 0 fully saturated rings. The lowest BCUT2D eigenvalue weighted by Gasteiger charge is -2.29. The molecule has 0 N–H and O–H groups in total. The Hall–Kier alpha value is -6.44. The zero-order valence-corrected chi connectivity index (χ0v) is 28.1. The van der Waals surface area contributed by atoms with E-state index in [1.807, 2.05) is 0 Å². The Bertz CT molecular complexity index is 2860. The van der Waals surface area contributed by atoms with Gasteiger partial charge in [-0.3, -0.25) is 0 Å². The summed E-state index contributed by atoms with van der Waals surface area (Å²) in [7, 11) is 0. The summed E-state index contributed by atoms with van der Waals surface area (Å²) < 4.78 is 0. The fraction of sp³-hybridized carbons (Fsp3) is 0.0400. The molecule has 10 aromatic carbocycles. The van der Waals surface area contributed by atoms with Crippen molar-refractivity contribution in [3.8, 4) is 22.3 Å². The van der Waals surface area contributed by atoms with Gasteiger partial charge in [-0.15, -0.1) is 0 Å². The highest BCUT2D eigenvalue weighted by Crippen LogP contribution is 2.56. The Balaban J connectivity index is 1.38. The molecule has 0 spiro atoms. The van der Waals surface area contributed by atoms with Crippen molar-refractivity contribution < 1.29 is 0 Å². The van der Waals surface area contributed by atoms with Crippen LogP contribution in [-0.2, 0) is 0 Å². The van der Waals surface area contributed by atoms with Crippen molar-refractivity contribution in [2.24, 2.45) is 0 Å². The van der Waals surface area contributed by atoms with Crippen LogP contribution in [0.1, 0.15) is 12.8 Å². The van der Waals surface area contributed by atoms with Gasteiger partial charge in [-0.25, -0.2) is 0 Å². The van der Waals surface area contributed by atoms with Crippen molar-refractivity contribution in [1.29, 1.82) is 0 Å². The van der Waals surface area contributed by atoms with Gasteiger partial charge in [0.2, 0.25) is 0 Å². The zero-order valence-electron chi connectivity index (χ0n) is 28.1. The average molecular weight is 648 g/mol. The third-order valence-electron chi connectivity index (χ3n) is 11.1. The molecule has 0 heterocycles. The molecule has 0 atom stereocenters. The first-order valence-corrected chi connectivity index (χ1v) is 18.0. The highest BCUT2D eigenvalue weighted by Gasteiger charge is 2.28. The number of para-hydroxylation sites is 1. The van der Waals surface area contributed by atoms with Gasteiger partial charge in [-0.05, 0) is 119 Å². The van der Waals surface area contributed by atoms with Crippen LogP contribution < -0.4 is 4.90 Å². The Morgan fingerprint density at radius 3 is 1.45 bits per heavy atom. The molecule has 0 amide bonds. The summed E-state index contributed by atoms with van der Waals surface area (Å²) in [5, 5.41) is 15.9. The topological polar surface area (TPSA) is 3.24 Å². The number of benzene rings is 8. The second kappa shape index (κ2) is 11.0. The molecule has 0 aromatic heterocycles. The van der Waals surface area contributed by atoms with Gasteiger partial charge >= 0.3 is 0 Å². The lowest BCUT2D eigenvalue weighted by Crippen LogP contribution is -2.16. The lowest BCUT2D eigenvalue weighted by molar-refractivity contribution is 0.998. The summed E-state index contributed by atoms with van der Waals surface area (Å²) in [5.74, 6) is 0. The van der Waals surface area contributed by atoms with Crippen LogP contribution in [0.3, 0.4) is 0 Å². The summed E-state index contributed by atoms with van der Waals surface area (Å²) in [6, 6.07) is 58.5. The van der Waals surface area contributed by atoms with Crippen LogP contribution in [0.5, 0.6) is 0 Å². The molecule has 0 unspecified atom stereocenters. The fourth-order valence-corrected chi connectivity index (χ4v) is 9.14. The molecule has 0 saturated carbocycles. The van der Waals surface area contributed by atoms with Crippen LogP contribution in [0.4, 0.5) is 11.4 Å². The van der Waals surface area contributed by atoms with E-state index in [0.29, 0.717) is 0 Å². The van der Waals surface area contributed by atoms with E-state index < -0.39 is 0 Å². The minimum Gasteiger partial charge on any atom is -0.310 e. The maximum Gasteiger partial charge on any atom is 0.0540 e. The summed E-state index contributed by atoms with van der Waals surface area (Å²) in [5.41, 5.74) is 8.76.